The molecule has 3 N–H and O–H groups in total. The van der Waals surface area contributed by atoms with Gasteiger partial charge in [-0.1, -0.05) is 6.92 Å². The van der Waals surface area contributed by atoms with Gasteiger partial charge in [0.1, 0.15) is 22.8 Å². The predicted octanol–water partition coefficient (Wildman–Crippen LogP) is 5.44. The van der Waals surface area contributed by atoms with E-state index in [0.29, 0.717) is 13.1 Å². The molecule has 0 radical (unpaired) electrons. The number of anilines is 2. The standard InChI is InChI=1S/C30H34F5N7O3/c1-15-9-20(36)26(42(43)44)22(23(15)30(33,34)35)21-19(31)10-18-25(24(21)32)38-28(45-14-29(2)7-4-8-40(3)13-29)39-27(18)41-11-16-5-6-17(12-41)37-16/h9-10,16-17,37H,4-8,11-14,36H2,1-3H3/t16-,17+,29-/m0/s1. The second-order valence-electron chi connectivity index (χ2n) is 12.9. The van der Waals surface area contributed by atoms with Crippen molar-refractivity contribution in [2.24, 2.45) is 5.41 Å². The van der Waals surface area contributed by atoms with E-state index in [1.807, 2.05) is 18.9 Å². The van der Waals surface area contributed by atoms with E-state index in [-0.39, 0.29) is 41.3 Å². The van der Waals surface area contributed by atoms with Gasteiger partial charge in [0.05, 0.1) is 28.2 Å². The number of nitrogens with one attached hydrogen (secondary N) is 1. The molecule has 4 heterocycles. The molecule has 242 valence electrons. The summed E-state index contributed by atoms with van der Waals surface area (Å²) in [6.07, 6.45) is -1.57. The first-order valence-electron chi connectivity index (χ1n) is 14.8. The minimum absolute atomic E-state index is 0.0807. The molecular weight excluding hydrogens is 601 g/mol. The van der Waals surface area contributed by atoms with Gasteiger partial charge in [-0.15, -0.1) is 0 Å². The number of rotatable bonds is 6. The number of ether oxygens (including phenoxy) is 1. The van der Waals surface area contributed by atoms with Gasteiger partial charge in [-0.3, -0.25) is 10.1 Å². The maximum atomic E-state index is 16.7. The van der Waals surface area contributed by atoms with Crippen LogP contribution in [0.15, 0.2) is 12.1 Å². The van der Waals surface area contributed by atoms with Gasteiger partial charge in [0, 0.05) is 42.5 Å². The average molecular weight is 636 g/mol. The number of aromatic nitrogens is 2. The molecule has 3 aliphatic rings. The molecule has 3 aromatic rings. The molecule has 45 heavy (non-hydrogen) atoms. The fraction of sp³-hybridized carbons (Fsp3) is 0.533. The number of halogens is 5. The van der Waals surface area contributed by atoms with E-state index in [1.165, 1.54) is 0 Å². The van der Waals surface area contributed by atoms with Crippen LogP contribution in [-0.2, 0) is 6.18 Å². The Hall–Kier alpha value is -3.85. The van der Waals surface area contributed by atoms with E-state index in [1.54, 1.807) is 0 Å². The van der Waals surface area contributed by atoms with Crippen molar-refractivity contribution < 1.29 is 31.6 Å². The highest BCUT2D eigenvalue weighted by Crippen LogP contribution is 2.49. The van der Waals surface area contributed by atoms with Crippen molar-refractivity contribution >= 4 is 28.1 Å². The van der Waals surface area contributed by atoms with E-state index in [0.717, 1.165) is 57.8 Å². The van der Waals surface area contributed by atoms with Gasteiger partial charge >= 0.3 is 17.9 Å². The number of nitrogens with two attached hydrogens (primary N) is 1. The monoisotopic (exact) mass is 635 g/mol. The molecule has 0 spiro atoms. The number of piperidine rings is 1. The smallest absolute Gasteiger partial charge is 0.417 e. The second kappa shape index (κ2) is 11.2. The fourth-order valence-electron chi connectivity index (χ4n) is 7.25. The molecule has 3 aliphatic heterocycles. The first-order valence-corrected chi connectivity index (χ1v) is 14.8. The molecule has 0 unspecified atom stereocenters. The third-order valence-electron chi connectivity index (χ3n) is 9.12. The Morgan fingerprint density at radius 2 is 1.87 bits per heavy atom. The summed E-state index contributed by atoms with van der Waals surface area (Å²) >= 11 is 0. The Bertz CT molecular complexity index is 1670. The summed E-state index contributed by atoms with van der Waals surface area (Å²) in [5.41, 5.74) is -1.51. The zero-order valence-corrected chi connectivity index (χ0v) is 25.1. The molecule has 6 rings (SSSR count). The van der Waals surface area contributed by atoms with E-state index in [2.05, 4.69) is 20.2 Å². The first-order chi connectivity index (χ1) is 21.1. The number of hydrogen-bond donors (Lipinski definition) is 2. The number of nitrogen functional groups attached to an aromatic ring is 1. The lowest BCUT2D eigenvalue weighted by Crippen LogP contribution is -2.51. The van der Waals surface area contributed by atoms with Crippen molar-refractivity contribution in [1.82, 2.24) is 20.2 Å². The quantitative estimate of drug-likeness (QED) is 0.158. The van der Waals surface area contributed by atoms with Crippen LogP contribution in [0.25, 0.3) is 22.0 Å². The summed E-state index contributed by atoms with van der Waals surface area (Å²) in [6, 6.07) is 1.64. The van der Waals surface area contributed by atoms with Crippen molar-refractivity contribution in [3.63, 3.8) is 0 Å². The Labute approximate surface area is 255 Å². The van der Waals surface area contributed by atoms with Gasteiger partial charge in [-0.25, -0.2) is 8.78 Å². The Kier molecular flexibility index (Phi) is 7.75. The average Bonchev–Trinajstić information content (AvgIpc) is 3.27. The van der Waals surface area contributed by atoms with Crippen LogP contribution < -0.4 is 20.7 Å². The van der Waals surface area contributed by atoms with Gasteiger partial charge in [-0.2, -0.15) is 23.1 Å². The zero-order valence-electron chi connectivity index (χ0n) is 25.1. The van der Waals surface area contributed by atoms with Crippen LogP contribution in [0.4, 0.5) is 39.1 Å². The second-order valence-corrected chi connectivity index (χ2v) is 12.9. The summed E-state index contributed by atoms with van der Waals surface area (Å²) in [5, 5.41) is 15.4. The fourth-order valence-corrected chi connectivity index (χ4v) is 7.25. The minimum Gasteiger partial charge on any atom is -0.463 e. The maximum absolute atomic E-state index is 16.7. The van der Waals surface area contributed by atoms with Crippen LogP contribution in [0, 0.1) is 34.1 Å². The number of hydrogen-bond acceptors (Lipinski definition) is 9. The van der Waals surface area contributed by atoms with Crippen molar-refractivity contribution in [2.75, 3.05) is 50.5 Å². The Morgan fingerprint density at radius 3 is 2.49 bits per heavy atom. The van der Waals surface area contributed by atoms with Gasteiger partial charge in [0.15, 0.2) is 5.82 Å². The normalized spacial score (nSPS) is 24.0. The van der Waals surface area contributed by atoms with Crippen molar-refractivity contribution in [1.29, 1.82) is 0 Å². The van der Waals surface area contributed by atoms with Crippen LogP contribution in [0.5, 0.6) is 6.01 Å². The van der Waals surface area contributed by atoms with Crippen LogP contribution in [0.1, 0.15) is 43.7 Å². The number of alkyl halides is 3. The topological polar surface area (TPSA) is 123 Å². The molecule has 1 aromatic heterocycles. The first kappa shape index (κ1) is 31.1. The van der Waals surface area contributed by atoms with E-state index in [4.69, 9.17) is 10.5 Å². The number of nitro benzene ring substituents is 1. The highest BCUT2D eigenvalue weighted by molar-refractivity contribution is 5.96. The summed E-state index contributed by atoms with van der Waals surface area (Å²) in [7, 11) is 2.00. The number of aryl methyl sites for hydroxylation is 1. The Morgan fingerprint density at radius 1 is 1.18 bits per heavy atom. The van der Waals surface area contributed by atoms with Gasteiger partial charge in [-0.05, 0) is 63.9 Å². The van der Waals surface area contributed by atoms with E-state index >= 15 is 8.78 Å². The molecule has 10 nitrogen and oxygen atoms in total. The summed E-state index contributed by atoms with van der Waals surface area (Å²) in [5.74, 6) is -2.76. The summed E-state index contributed by atoms with van der Waals surface area (Å²) < 4.78 is 81.9. The van der Waals surface area contributed by atoms with Crippen molar-refractivity contribution in [3.05, 3.63) is 45.0 Å². The lowest BCUT2D eigenvalue weighted by atomic mass is 9.83. The number of piperazine rings is 1. The molecule has 2 bridgehead atoms. The lowest BCUT2D eigenvalue weighted by molar-refractivity contribution is -0.383. The lowest BCUT2D eigenvalue weighted by Gasteiger charge is -2.38. The van der Waals surface area contributed by atoms with Crippen LogP contribution in [0.2, 0.25) is 0 Å². The SMILES string of the molecule is Cc1cc(N)c([N+](=O)[O-])c(-c2c(F)cc3c(N4C[C@H]5CC[C@@H](C4)N5)nc(OC[C@@]4(C)CCCN(C)C4)nc3c2F)c1C(F)(F)F. The molecular formula is C30H34F5N7O3. The van der Waals surface area contributed by atoms with E-state index < -0.39 is 61.9 Å². The maximum Gasteiger partial charge on any atom is 0.417 e. The number of nitrogens with zero attached hydrogens (tertiary/aromatic N) is 5. The van der Waals surface area contributed by atoms with Crippen LogP contribution in [0.3, 0.4) is 0 Å². The molecule has 15 heteroatoms. The largest absolute Gasteiger partial charge is 0.463 e. The van der Waals surface area contributed by atoms with Crippen LogP contribution >= 0.6 is 0 Å². The molecule has 3 fully saturated rings. The summed E-state index contributed by atoms with van der Waals surface area (Å²) in [6.45, 7) is 5.89. The molecule has 3 atom stereocenters. The molecule has 3 saturated heterocycles. The predicted molar refractivity (Wildman–Crippen MR) is 158 cm³/mol. The Balaban J connectivity index is 1.57. The minimum atomic E-state index is -5.19. The van der Waals surface area contributed by atoms with Gasteiger partial charge in [0.25, 0.3) is 0 Å². The number of benzene rings is 2. The number of likely N-dealkylation sites (tertiary alicyclic amines) is 1. The zero-order chi connectivity index (χ0) is 32.4. The van der Waals surface area contributed by atoms with Gasteiger partial charge < -0.3 is 25.6 Å². The number of fused-ring (bicyclic) bond motifs is 3. The summed E-state index contributed by atoms with van der Waals surface area (Å²) in [4.78, 5) is 23.7. The third kappa shape index (κ3) is 5.71. The van der Waals surface area contributed by atoms with Crippen molar-refractivity contribution in [2.45, 2.75) is 57.8 Å². The van der Waals surface area contributed by atoms with E-state index in [9.17, 15) is 23.3 Å². The van der Waals surface area contributed by atoms with Gasteiger partial charge in [0.2, 0.25) is 0 Å². The highest BCUT2D eigenvalue weighted by atomic mass is 19.4. The molecule has 0 amide bonds. The van der Waals surface area contributed by atoms with Crippen molar-refractivity contribution in [3.8, 4) is 17.1 Å². The molecule has 0 saturated carbocycles. The molecule has 0 aliphatic carbocycles. The van der Waals surface area contributed by atoms with Crippen LogP contribution in [-0.4, -0.2) is 71.7 Å². The highest BCUT2D eigenvalue weighted by Gasteiger charge is 2.43. The number of nitro groups is 1. The molecule has 2 aromatic carbocycles. The third-order valence-corrected chi connectivity index (χ3v) is 9.12.